The summed E-state index contributed by atoms with van der Waals surface area (Å²) >= 11 is 0. The summed E-state index contributed by atoms with van der Waals surface area (Å²) in [5, 5.41) is 5.75. The van der Waals surface area contributed by atoms with E-state index in [0.717, 1.165) is 57.7 Å². The van der Waals surface area contributed by atoms with Gasteiger partial charge in [0.2, 0.25) is 0 Å². The first-order valence-corrected chi connectivity index (χ1v) is 12.0. The number of carbonyl (C=O) groups excluding carboxylic acids is 2. The average molecular weight is 469 g/mol. The van der Waals surface area contributed by atoms with Gasteiger partial charge >= 0.3 is 6.03 Å². The molecule has 1 aromatic carbocycles. The molecule has 9 heteroatoms. The summed E-state index contributed by atoms with van der Waals surface area (Å²) in [6.45, 7) is 8.34. The van der Waals surface area contributed by atoms with E-state index in [1.165, 1.54) is 0 Å². The summed E-state index contributed by atoms with van der Waals surface area (Å²) in [7, 11) is 0. The van der Waals surface area contributed by atoms with E-state index in [0.29, 0.717) is 36.7 Å². The van der Waals surface area contributed by atoms with Gasteiger partial charge in [0, 0.05) is 38.9 Å². The molecule has 0 aliphatic carbocycles. The van der Waals surface area contributed by atoms with E-state index in [-0.39, 0.29) is 11.9 Å². The van der Waals surface area contributed by atoms with Gasteiger partial charge in [-0.05, 0) is 49.6 Å². The molecule has 184 valence electrons. The fourth-order valence-corrected chi connectivity index (χ4v) is 3.73. The molecule has 4 N–H and O–H groups in total. The van der Waals surface area contributed by atoms with E-state index in [4.69, 9.17) is 10.5 Å². The standard InChI is InChI=1S/C25H36N6O3/c1-2-11-27-25(33)31(13-6-5-12-30-14-16-34-17-15-30)19-20-9-10-23(28-18-20)24(32)29-22-8-4-3-7-21(22)26/h3-4,7-10,18H,2,5-6,11-17,19,26H2,1H3,(H,27,33)(H,29,32). The second-order valence-electron chi connectivity index (χ2n) is 8.41. The zero-order chi connectivity index (χ0) is 24.2. The van der Waals surface area contributed by atoms with Gasteiger partial charge in [0.05, 0.1) is 24.6 Å². The molecular weight excluding hydrogens is 432 g/mol. The van der Waals surface area contributed by atoms with E-state index in [1.54, 1.807) is 24.4 Å². The third-order valence-corrected chi connectivity index (χ3v) is 5.71. The lowest BCUT2D eigenvalue weighted by Gasteiger charge is -2.27. The number of para-hydroxylation sites is 2. The number of nitrogen functional groups attached to an aromatic ring is 1. The van der Waals surface area contributed by atoms with Crippen LogP contribution >= 0.6 is 0 Å². The number of amides is 3. The predicted molar refractivity (Wildman–Crippen MR) is 134 cm³/mol. The molecule has 0 bridgehead atoms. The van der Waals surface area contributed by atoms with Crippen molar-refractivity contribution in [3.8, 4) is 0 Å². The lowest BCUT2D eigenvalue weighted by atomic mass is 10.2. The van der Waals surface area contributed by atoms with Gasteiger partial charge in [-0.25, -0.2) is 4.79 Å². The van der Waals surface area contributed by atoms with E-state index in [2.05, 4.69) is 20.5 Å². The monoisotopic (exact) mass is 468 g/mol. The highest BCUT2D eigenvalue weighted by Gasteiger charge is 2.16. The molecule has 3 amide bonds. The van der Waals surface area contributed by atoms with Crippen molar-refractivity contribution in [2.75, 3.05) is 57.0 Å². The van der Waals surface area contributed by atoms with E-state index >= 15 is 0 Å². The maximum atomic E-state index is 12.7. The van der Waals surface area contributed by atoms with Crippen LogP contribution in [0.4, 0.5) is 16.2 Å². The lowest BCUT2D eigenvalue weighted by molar-refractivity contribution is 0.0369. The van der Waals surface area contributed by atoms with Gasteiger partial charge in [-0.2, -0.15) is 0 Å². The largest absolute Gasteiger partial charge is 0.397 e. The minimum Gasteiger partial charge on any atom is -0.397 e. The molecule has 0 saturated carbocycles. The molecule has 1 saturated heterocycles. The Labute approximate surface area is 201 Å². The van der Waals surface area contributed by atoms with Crippen molar-refractivity contribution in [2.24, 2.45) is 0 Å². The van der Waals surface area contributed by atoms with Crippen molar-refractivity contribution >= 4 is 23.3 Å². The molecule has 2 aromatic rings. The van der Waals surface area contributed by atoms with Crippen molar-refractivity contribution in [1.82, 2.24) is 20.1 Å². The molecule has 0 atom stereocenters. The first-order valence-electron chi connectivity index (χ1n) is 12.0. The fraction of sp³-hybridized carbons (Fsp3) is 0.480. The summed E-state index contributed by atoms with van der Waals surface area (Å²) in [5.41, 5.74) is 8.10. The molecule has 0 radical (unpaired) electrons. The predicted octanol–water partition coefficient (Wildman–Crippen LogP) is 2.95. The minimum absolute atomic E-state index is 0.0744. The van der Waals surface area contributed by atoms with E-state index < -0.39 is 0 Å². The van der Waals surface area contributed by atoms with Crippen LogP contribution in [0.1, 0.15) is 42.2 Å². The molecule has 2 heterocycles. The highest BCUT2D eigenvalue weighted by molar-refractivity contribution is 6.04. The summed E-state index contributed by atoms with van der Waals surface area (Å²) in [5.74, 6) is -0.329. The second-order valence-corrected chi connectivity index (χ2v) is 8.41. The Hall–Kier alpha value is -3.17. The smallest absolute Gasteiger partial charge is 0.317 e. The third-order valence-electron chi connectivity index (χ3n) is 5.71. The molecule has 1 fully saturated rings. The topological polar surface area (TPSA) is 113 Å². The maximum Gasteiger partial charge on any atom is 0.317 e. The van der Waals surface area contributed by atoms with Crippen LogP contribution in [0, 0.1) is 0 Å². The lowest BCUT2D eigenvalue weighted by Crippen LogP contribution is -2.41. The highest BCUT2D eigenvalue weighted by Crippen LogP contribution is 2.17. The van der Waals surface area contributed by atoms with Crippen molar-refractivity contribution in [3.05, 3.63) is 53.9 Å². The highest BCUT2D eigenvalue weighted by atomic mass is 16.5. The molecule has 3 rings (SSSR count). The van der Waals surface area contributed by atoms with Crippen LogP contribution in [0.3, 0.4) is 0 Å². The first-order chi connectivity index (χ1) is 16.6. The number of ether oxygens (including phenoxy) is 1. The third kappa shape index (κ3) is 8.00. The number of urea groups is 1. The van der Waals surface area contributed by atoms with Gasteiger partial charge in [0.15, 0.2) is 0 Å². The van der Waals surface area contributed by atoms with Crippen LogP contribution in [0.25, 0.3) is 0 Å². The quantitative estimate of drug-likeness (QED) is 0.345. The number of hydrogen-bond acceptors (Lipinski definition) is 6. The molecular formula is C25H36N6O3. The van der Waals surface area contributed by atoms with Gasteiger partial charge in [-0.3, -0.25) is 14.7 Å². The van der Waals surface area contributed by atoms with E-state index in [9.17, 15) is 9.59 Å². The Morgan fingerprint density at radius 3 is 2.65 bits per heavy atom. The molecule has 0 unspecified atom stereocenters. The van der Waals surface area contributed by atoms with Gasteiger partial charge in [0.1, 0.15) is 5.69 Å². The van der Waals surface area contributed by atoms with Crippen molar-refractivity contribution in [2.45, 2.75) is 32.7 Å². The molecule has 34 heavy (non-hydrogen) atoms. The number of hydrogen-bond donors (Lipinski definition) is 3. The number of nitrogens with two attached hydrogens (primary N) is 1. The SMILES string of the molecule is CCCNC(=O)N(CCCCN1CCOCC1)Cc1ccc(C(=O)Nc2ccccc2N)nc1. The van der Waals surface area contributed by atoms with Crippen molar-refractivity contribution in [3.63, 3.8) is 0 Å². The minimum atomic E-state index is -0.329. The van der Waals surface area contributed by atoms with Crippen LogP contribution in [0.5, 0.6) is 0 Å². The fourth-order valence-electron chi connectivity index (χ4n) is 3.73. The van der Waals surface area contributed by atoms with Crippen LogP contribution in [0.2, 0.25) is 0 Å². The number of nitrogens with one attached hydrogen (secondary N) is 2. The normalized spacial score (nSPS) is 13.9. The Kier molecular flexibility index (Phi) is 10.1. The summed E-state index contributed by atoms with van der Waals surface area (Å²) in [6, 6.07) is 10.5. The Morgan fingerprint density at radius 1 is 1.15 bits per heavy atom. The van der Waals surface area contributed by atoms with Crippen LogP contribution in [-0.2, 0) is 11.3 Å². The number of morpholine rings is 1. The summed E-state index contributed by atoms with van der Waals surface area (Å²) < 4.78 is 5.40. The van der Waals surface area contributed by atoms with Crippen molar-refractivity contribution < 1.29 is 14.3 Å². The maximum absolute atomic E-state index is 12.7. The molecule has 1 aromatic heterocycles. The van der Waals surface area contributed by atoms with Gasteiger partial charge < -0.3 is 26.0 Å². The number of benzene rings is 1. The molecule has 9 nitrogen and oxygen atoms in total. The molecule has 1 aliphatic heterocycles. The van der Waals surface area contributed by atoms with Crippen LogP contribution in [-0.4, -0.2) is 72.7 Å². The summed E-state index contributed by atoms with van der Waals surface area (Å²) in [4.78, 5) is 33.7. The first kappa shape index (κ1) is 25.5. The summed E-state index contributed by atoms with van der Waals surface area (Å²) in [6.07, 6.45) is 4.48. The number of unbranched alkanes of at least 4 members (excludes halogenated alkanes) is 1. The number of pyridine rings is 1. The average Bonchev–Trinajstić information content (AvgIpc) is 2.86. The number of anilines is 2. The zero-order valence-corrected chi connectivity index (χ0v) is 20.0. The number of rotatable bonds is 11. The number of nitrogens with zero attached hydrogens (tertiary/aromatic N) is 3. The Bertz CT molecular complexity index is 915. The van der Waals surface area contributed by atoms with Gasteiger partial charge in [0.25, 0.3) is 5.91 Å². The molecule has 0 spiro atoms. The van der Waals surface area contributed by atoms with Gasteiger partial charge in [-0.15, -0.1) is 0 Å². The van der Waals surface area contributed by atoms with Crippen LogP contribution < -0.4 is 16.4 Å². The number of aromatic nitrogens is 1. The second kappa shape index (κ2) is 13.5. The van der Waals surface area contributed by atoms with E-state index in [1.807, 2.05) is 30.0 Å². The van der Waals surface area contributed by atoms with Crippen molar-refractivity contribution in [1.29, 1.82) is 0 Å². The molecule has 1 aliphatic rings. The Morgan fingerprint density at radius 2 is 1.94 bits per heavy atom. The Balaban J connectivity index is 1.54. The van der Waals surface area contributed by atoms with Gasteiger partial charge in [-0.1, -0.05) is 25.1 Å². The number of carbonyl (C=O) groups is 2. The zero-order valence-electron chi connectivity index (χ0n) is 20.0. The van der Waals surface area contributed by atoms with Crippen LogP contribution in [0.15, 0.2) is 42.6 Å².